The summed E-state index contributed by atoms with van der Waals surface area (Å²) in [7, 11) is 3.82. The maximum Gasteiger partial charge on any atom is 0.118 e. The fourth-order valence-electron chi connectivity index (χ4n) is 3.37. The maximum atomic E-state index is 5.22. The van der Waals surface area contributed by atoms with E-state index in [9.17, 15) is 0 Å². The van der Waals surface area contributed by atoms with E-state index in [1.54, 1.807) is 7.11 Å². The molecule has 106 valence electrons. The molecule has 0 bridgehead atoms. The highest BCUT2D eigenvalue weighted by Gasteiger charge is 2.25. The van der Waals surface area contributed by atoms with Crippen molar-refractivity contribution in [2.75, 3.05) is 14.2 Å². The molecule has 1 saturated carbocycles. The Morgan fingerprint density at radius 3 is 2.58 bits per heavy atom. The molecule has 19 heavy (non-hydrogen) atoms. The lowest BCUT2D eigenvalue weighted by atomic mass is 9.77. The number of hydrogen-bond donors (Lipinski definition) is 1. The third kappa shape index (κ3) is 3.97. The molecule has 2 nitrogen and oxygen atoms in total. The van der Waals surface area contributed by atoms with Gasteiger partial charge in [-0.3, -0.25) is 0 Å². The van der Waals surface area contributed by atoms with Gasteiger partial charge < -0.3 is 10.1 Å². The lowest BCUT2D eigenvalue weighted by Gasteiger charge is -2.33. The summed E-state index contributed by atoms with van der Waals surface area (Å²) in [6.07, 6.45) is 6.69. The second kappa shape index (κ2) is 6.95. The van der Waals surface area contributed by atoms with Gasteiger partial charge in [0.25, 0.3) is 0 Å². The number of benzene rings is 1. The van der Waals surface area contributed by atoms with Crippen LogP contribution in [0.3, 0.4) is 0 Å². The van der Waals surface area contributed by atoms with Gasteiger partial charge in [-0.1, -0.05) is 31.9 Å². The van der Waals surface area contributed by atoms with Crippen LogP contribution in [0.15, 0.2) is 24.3 Å². The van der Waals surface area contributed by atoms with Crippen LogP contribution < -0.4 is 10.1 Å². The molecule has 1 aromatic carbocycles. The summed E-state index contributed by atoms with van der Waals surface area (Å²) in [5.41, 5.74) is 1.40. The van der Waals surface area contributed by atoms with E-state index < -0.39 is 0 Å². The predicted molar refractivity (Wildman–Crippen MR) is 80.7 cm³/mol. The molecule has 0 heterocycles. The van der Waals surface area contributed by atoms with Crippen molar-refractivity contribution in [2.24, 2.45) is 11.8 Å². The first-order valence-electron chi connectivity index (χ1n) is 7.53. The number of methoxy groups -OCH3 is 1. The normalized spacial score (nSPS) is 25.0. The molecule has 2 rings (SSSR count). The standard InChI is InChI=1S/C17H27NO/c1-13-5-4-6-15(11-13)17(18-2)12-14-7-9-16(19-3)10-8-14/h7-10,13,15,17-18H,4-6,11-12H2,1-3H3. The van der Waals surface area contributed by atoms with Crippen LogP contribution in [0, 0.1) is 11.8 Å². The highest BCUT2D eigenvalue weighted by Crippen LogP contribution is 2.31. The highest BCUT2D eigenvalue weighted by atomic mass is 16.5. The Morgan fingerprint density at radius 2 is 2.00 bits per heavy atom. The van der Waals surface area contributed by atoms with Gasteiger partial charge in [-0.25, -0.2) is 0 Å². The van der Waals surface area contributed by atoms with Crippen LogP contribution in [0.25, 0.3) is 0 Å². The summed E-state index contributed by atoms with van der Waals surface area (Å²) >= 11 is 0. The molecule has 0 radical (unpaired) electrons. The third-order valence-electron chi connectivity index (χ3n) is 4.53. The van der Waals surface area contributed by atoms with Gasteiger partial charge in [0.05, 0.1) is 7.11 Å². The summed E-state index contributed by atoms with van der Waals surface area (Å²) in [6, 6.07) is 9.11. The van der Waals surface area contributed by atoms with Crippen molar-refractivity contribution in [3.8, 4) is 5.75 Å². The Hall–Kier alpha value is -1.02. The first kappa shape index (κ1) is 14.4. The van der Waals surface area contributed by atoms with E-state index in [1.165, 1.54) is 31.2 Å². The van der Waals surface area contributed by atoms with Gasteiger partial charge in [0.2, 0.25) is 0 Å². The Labute approximate surface area is 117 Å². The van der Waals surface area contributed by atoms with Gasteiger partial charge in [0.15, 0.2) is 0 Å². The van der Waals surface area contributed by atoms with Crippen LogP contribution in [0.2, 0.25) is 0 Å². The smallest absolute Gasteiger partial charge is 0.118 e. The molecular weight excluding hydrogens is 234 g/mol. The van der Waals surface area contributed by atoms with E-state index in [-0.39, 0.29) is 0 Å². The van der Waals surface area contributed by atoms with Gasteiger partial charge >= 0.3 is 0 Å². The number of rotatable bonds is 5. The first-order valence-corrected chi connectivity index (χ1v) is 7.53. The molecule has 1 aliphatic carbocycles. The van der Waals surface area contributed by atoms with E-state index in [0.717, 1.165) is 24.0 Å². The number of nitrogens with one attached hydrogen (secondary N) is 1. The molecule has 3 atom stereocenters. The second-order valence-electron chi connectivity index (χ2n) is 5.98. The van der Waals surface area contributed by atoms with Crippen molar-refractivity contribution in [1.82, 2.24) is 5.32 Å². The van der Waals surface area contributed by atoms with E-state index in [2.05, 4.69) is 43.6 Å². The van der Waals surface area contributed by atoms with Crippen LogP contribution in [-0.2, 0) is 6.42 Å². The number of likely N-dealkylation sites (N-methyl/N-ethyl adjacent to an activating group) is 1. The van der Waals surface area contributed by atoms with Crippen molar-refractivity contribution in [3.63, 3.8) is 0 Å². The van der Waals surface area contributed by atoms with E-state index >= 15 is 0 Å². The largest absolute Gasteiger partial charge is 0.497 e. The summed E-state index contributed by atoms with van der Waals surface area (Å²) in [4.78, 5) is 0. The van der Waals surface area contributed by atoms with Gasteiger partial charge in [0.1, 0.15) is 5.75 Å². The van der Waals surface area contributed by atoms with Gasteiger partial charge in [0, 0.05) is 6.04 Å². The van der Waals surface area contributed by atoms with Crippen LogP contribution in [0.4, 0.5) is 0 Å². The molecular formula is C17H27NO. The average molecular weight is 261 g/mol. The number of hydrogen-bond acceptors (Lipinski definition) is 2. The fourth-order valence-corrected chi connectivity index (χ4v) is 3.37. The fraction of sp³-hybridized carbons (Fsp3) is 0.647. The summed E-state index contributed by atoms with van der Waals surface area (Å²) in [5.74, 6) is 2.66. The van der Waals surface area contributed by atoms with E-state index in [4.69, 9.17) is 4.74 Å². The predicted octanol–water partition coefficient (Wildman–Crippen LogP) is 3.65. The summed E-state index contributed by atoms with van der Waals surface area (Å²) < 4.78 is 5.22. The Morgan fingerprint density at radius 1 is 1.26 bits per heavy atom. The minimum absolute atomic E-state index is 0.608. The lowest BCUT2D eigenvalue weighted by molar-refractivity contribution is 0.227. The van der Waals surface area contributed by atoms with Gasteiger partial charge in [-0.2, -0.15) is 0 Å². The van der Waals surface area contributed by atoms with Gasteiger partial charge in [-0.15, -0.1) is 0 Å². The first-order chi connectivity index (χ1) is 9.22. The average Bonchev–Trinajstić information content (AvgIpc) is 2.45. The minimum Gasteiger partial charge on any atom is -0.497 e. The monoisotopic (exact) mass is 261 g/mol. The van der Waals surface area contributed by atoms with Crippen molar-refractivity contribution in [3.05, 3.63) is 29.8 Å². The van der Waals surface area contributed by atoms with Crippen molar-refractivity contribution in [1.29, 1.82) is 0 Å². The molecule has 0 spiro atoms. The SMILES string of the molecule is CNC(Cc1ccc(OC)cc1)C1CCCC(C)C1. The van der Waals surface area contributed by atoms with Crippen LogP contribution in [0.1, 0.15) is 38.2 Å². The Kier molecular flexibility index (Phi) is 5.26. The van der Waals surface area contributed by atoms with Crippen molar-refractivity contribution >= 4 is 0 Å². The zero-order valence-corrected chi connectivity index (χ0v) is 12.5. The summed E-state index contributed by atoms with van der Waals surface area (Å²) in [5, 5.41) is 3.54. The van der Waals surface area contributed by atoms with Crippen LogP contribution in [0.5, 0.6) is 5.75 Å². The maximum absolute atomic E-state index is 5.22. The molecule has 1 aliphatic rings. The zero-order chi connectivity index (χ0) is 13.7. The molecule has 1 N–H and O–H groups in total. The third-order valence-corrected chi connectivity index (χ3v) is 4.53. The van der Waals surface area contributed by atoms with E-state index in [1.807, 2.05) is 0 Å². The number of ether oxygens (including phenoxy) is 1. The van der Waals surface area contributed by atoms with Crippen molar-refractivity contribution in [2.45, 2.75) is 45.1 Å². The Bertz CT molecular complexity index is 373. The topological polar surface area (TPSA) is 21.3 Å². The van der Waals surface area contributed by atoms with Crippen LogP contribution >= 0.6 is 0 Å². The molecule has 3 unspecified atom stereocenters. The Balaban J connectivity index is 1.97. The zero-order valence-electron chi connectivity index (χ0n) is 12.5. The lowest BCUT2D eigenvalue weighted by Crippen LogP contribution is -2.37. The molecule has 0 saturated heterocycles. The summed E-state index contributed by atoms with van der Waals surface area (Å²) in [6.45, 7) is 2.40. The van der Waals surface area contributed by atoms with Gasteiger partial charge in [-0.05, 0) is 55.8 Å². The van der Waals surface area contributed by atoms with Crippen molar-refractivity contribution < 1.29 is 4.74 Å². The molecule has 2 heteroatoms. The van der Waals surface area contributed by atoms with E-state index in [0.29, 0.717) is 6.04 Å². The second-order valence-corrected chi connectivity index (χ2v) is 5.98. The molecule has 0 aliphatic heterocycles. The van der Waals surface area contributed by atoms with Crippen LogP contribution in [-0.4, -0.2) is 20.2 Å². The quantitative estimate of drug-likeness (QED) is 0.873. The highest BCUT2D eigenvalue weighted by molar-refractivity contribution is 5.27. The molecule has 1 aromatic rings. The molecule has 0 amide bonds. The molecule has 0 aromatic heterocycles. The minimum atomic E-state index is 0.608. The molecule has 1 fully saturated rings.